The monoisotopic (exact) mass is 301 g/mol. The third-order valence-corrected chi connectivity index (χ3v) is 3.59. The molecule has 1 aliphatic rings. The van der Waals surface area contributed by atoms with E-state index in [1.54, 1.807) is 6.20 Å². The number of aromatic nitrogens is 2. The number of nitrogens with zero attached hydrogens (tertiary/aromatic N) is 2. The van der Waals surface area contributed by atoms with Crippen LogP contribution in [0.4, 0.5) is 5.69 Å². The number of anilines is 1. The average Bonchev–Trinajstić information content (AvgIpc) is 2.84. The molecule has 0 spiro atoms. The van der Waals surface area contributed by atoms with Gasteiger partial charge in [0.1, 0.15) is 4.47 Å². The van der Waals surface area contributed by atoms with Crippen LogP contribution in [0.2, 0.25) is 0 Å². The van der Waals surface area contributed by atoms with Crippen LogP contribution >= 0.6 is 15.9 Å². The Morgan fingerprint density at radius 2 is 2.53 bits per heavy atom. The summed E-state index contributed by atoms with van der Waals surface area (Å²) in [4.78, 5) is 11.8. The first-order valence-corrected chi connectivity index (χ1v) is 6.62. The predicted octanol–water partition coefficient (Wildman–Crippen LogP) is 1.62. The third-order valence-electron chi connectivity index (χ3n) is 2.83. The quantitative estimate of drug-likeness (QED) is 0.918. The minimum Gasteiger partial charge on any atom is -0.380 e. The third kappa shape index (κ3) is 2.87. The molecule has 0 radical (unpaired) electrons. The molecule has 1 aromatic rings. The van der Waals surface area contributed by atoms with Crippen molar-refractivity contribution < 1.29 is 4.74 Å². The van der Waals surface area contributed by atoms with E-state index in [4.69, 9.17) is 4.74 Å². The Morgan fingerprint density at radius 1 is 1.71 bits per heavy atom. The van der Waals surface area contributed by atoms with Crippen molar-refractivity contribution in [2.45, 2.75) is 32.4 Å². The number of nitrogens with one attached hydrogen (secondary N) is 1. The molecule has 1 N–H and O–H groups in total. The summed E-state index contributed by atoms with van der Waals surface area (Å²) in [5, 5.41) is 7.27. The summed E-state index contributed by atoms with van der Waals surface area (Å²) >= 11 is 3.30. The molecule has 94 valence electrons. The Kier molecular flexibility index (Phi) is 4.17. The standard InChI is InChI=1S/C11H16BrN3O2/c1-2-15-11(16)10(12)9(7-14-15)13-6-8-4-3-5-17-8/h7-8,13H,2-6H2,1H3. The fourth-order valence-electron chi connectivity index (χ4n) is 1.84. The van der Waals surface area contributed by atoms with E-state index in [1.807, 2.05) is 6.92 Å². The van der Waals surface area contributed by atoms with Crippen LogP contribution in [0.15, 0.2) is 15.5 Å². The second kappa shape index (κ2) is 5.64. The molecule has 6 heteroatoms. The Balaban J connectivity index is 2.05. The van der Waals surface area contributed by atoms with E-state index >= 15 is 0 Å². The van der Waals surface area contributed by atoms with Gasteiger partial charge in [-0.1, -0.05) is 0 Å². The number of rotatable bonds is 4. The van der Waals surface area contributed by atoms with Gasteiger partial charge in [-0.15, -0.1) is 0 Å². The summed E-state index contributed by atoms with van der Waals surface area (Å²) < 4.78 is 7.46. The molecule has 2 heterocycles. The molecule has 1 aliphatic heterocycles. The Hall–Kier alpha value is -0.880. The molecule has 2 rings (SSSR count). The van der Waals surface area contributed by atoms with Crippen LogP contribution in [0, 0.1) is 0 Å². The maximum atomic E-state index is 11.8. The van der Waals surface area contributed by atoms with Crippen molar-refractivity contribution in [2.24, 2.45) is 0 Å². The van der Waals surface area contributed by atoms with E-state index in [1.165, 1.54) is 4.68 Å². The van der Waals surface area contributed by atoms with Gasteiger partial charge in [0.2, 0.25) is 0 Å². The summed E-state index contributed by atoms with van der Waals surface area (Å²) in [5.74, 6) is 0. The van der Waals surface area contributed by atoms with Crippen molar-refractivity contribution in [1.29, 1.82) is 0 Å². The molecule has 0 amide bonds. The highest BCUT2D eigenvalue weighted by molar-refractivity contribution is 9.10. The van der Waals surface area contributed by atoms with Gasteiger partial charge in [-0.05, 0) is 35.7 Å². The van der Waals surface area contributed by atoms with Gasteiger partial charge >= 0.3 is 0 Å². The van der Waals surface area contributed by atoms with Gasteiger partial charge in [0.25, 0.3) is 5.56 Å². The summed E-state index contributed by atoms with van der Waals surface area (Å²) in [7, 11) is 0. The van der Waals surface area contributed by atoms with Crippen LogP contribution in [-0.4, -0.2) is 29.0 Å². The van der Waals surface area contributed by atoms with Crippen LogP contribution in [-0.2, 0) is 11.3 Å². The Bertz CT molecular complexity index is 441. The zero-order chi connectivity index (χ0) is 12.3. The second-order valence-corrected chi connectivity index (χ2v) is 4.80. The maximum Gasteiger partial charge on any atom is 0.283 e. The Morgan fingerprint density at radius 3 is 3.18 bits per heavy atom. The zero-order valence-corrected chi connectivity index (χ0v) is 11.4. The van der Waals surface area contributed by atoms with E-state index in [9.17, 15) is 4.79 Å². The molecule has 1 atom stereocenters. The molecule has 17 heavy (non-hydrogen) atoms. The lowest BCUT2D eigenvalue weighted by Crippen LogP contribution is -2.25. The minimum atomic E-state index is -0.107. The van der Waals surface area contributed by atoms with Gasteiger partial charge in [0.05, 0.1) is 18.0 Å². The van der Waals surface area contributed by atoms with Crippen molar-refractivity contribution in [3.63, 3.8) is 0 Å². The maximum absolute atomic E-state index is 11.8. The molecular formula is C11H16BrN3O2. The first-order valence-electron chi connectivity index (χ1n) is 5.83. The lowest BCUT2D eigenvalue weighted by molar-refractivity contribution is 0.120. The SMILES string of the molecule is CCn1ncc(NCC2CCCO2)c(Br)c1=O. The predicted molar refractivity (Wildman–Crippen MR) is 69.3 cm³/mol. The molecule has 1 aromatic heterocycles. The van der Waals surface area contributed by atoms with Gasteiger partial charge < -0.3 is 10.1 Å². The zero-order valence-electron chi connectivity index (χ0n) is 9.78. The fourth-order valence-corrected chi connectivity index (χ4v) is 2.29. The molecule has 5 nitrogen and oxygen atoms in total. The Labute approximate surface area is 108 Å². The van der Waals surface area contributed by atoms with Crippen LogP contribution in [0.3, 0.4) is 0 Å². The summed E-state index contributed by atoms with van der Waals surface area (Å²) in [6.45, 7) is 4.02. The summed E-state index contributed by atoms with van der Waals surface area (Å²) in [5.41, 5.74) is 0.625. The average molecular weight is 302 g/mol. The van der Waals surface area contributed by atoms with Crippen LogP contribution in [0.5, 0.6) is 0 Å². The van der Waals surface area contributed by atoms with Gasteiger partial charge in [-0.3, -0.25) is 4.79 Å². The van der Waals surface area contributed by atoms with E-state index in [0.29, 0.717) is 11.0 Å². The number of halogens is 1. The highest BCUT2D eigenvalue weighted by Gasteiger charge is 2.16. The van der Waals surface area contributed by atoms with Crippen LogP contribution in [0.1, 0.15) is 19.8 Å². The molecule has 0 saturated carbocycles. The van der Waals surface area contributed by atoms with E-state index in [0.717, 1.165) is 31.7 Å². The van der Waals surface area contributed by atoms with Gasteiger partial charge in [0, 0.05) is 19.7 Å². The molecule has 0 aliphatic carbocycles. The second-order valence-electron chi connectivity index (χ2n) is 4.01. The van der Waals surface area contributed by atoms with E-state index in [2.05, 4.69) is 26.3 Å². The van der Waals surface area contributed by atoms with Crippen molar-refractivity contribution in [2.75, 3.05) is 18.5 Å². The fraction of sp³-hybridized carbons (Fsp3) is 0.636. The first kappa shape index (κ1) is 12.6. The summed E-state index contributed by atoms with van der Waals surface area (Å²) in [6.07, 6.45) is 4.10. The van der Waals surface area contributed by atoms with Gasteiger partial charge in [-0.25, -0.2) is 4.68 Å². The van der Waals surface area contributed by atoms with Gasteiger partial charge in [0.15, 0.2) is 0 Å². The van der Waals surface area contributed by atoms with Crippen LogP contribution < -0.4 is 10.9 Å². The normalized spacial score (nSPS) is 19.5. The minimum absolute atomic E-state index is 0.107. The number of ether oxygens (including phenoxy) is 1. The molecular weight excluding hydrogens is 286 g/mol. The highest BCUT2D eigenvalue weighted by Crippen LogP contribution is 2.18. The van der Waals surface area contributed by atoms with Crippen LogP contribution in [0.25, 0.3) is 0 Å². The number of aryl methyl sites for hydroxylation is 1. The van der Waals surface area contributed by atoms with E-state index in [-0.39, 0.29) is 11.7 Å². The smallest absolute Gasteiger partial charge is 0.283 e. The lowest BCUT2D eigenvalue weighted by Gasteiger charge is -2.13. The summed E-state index contributed by atoms with van der Waals surface area (Å²) in [6, 6.07) is 0. The first-order chi connectivity index (χ1) is 8.22. The van der Waals surface area contributed by atoms with E-state index < -0.39 is 0 Å². The molecule has 1 saturated heterocycles. The number of hydrogen-bond acceptors (Lipinski definition) is 4. The van der Waals surface area contributed by atoms with Crippen molar-refractivity contribution in [3.05, 3.63) is 21.0 Å². The van der Waals surface area contributed by atoms with Crippen molar-refractivity contribution in [1.82, 2.24) is 9.78 Å². The lowest BCUT2D eigenvalue weighted by atomic mass is 10.2. The van der Waals surface area contributed by atoms with Crippen molar-refractivity contribution >= 4 is 21.6 Å². The topological polar surface area (TPSA) is 56.1 Å². The molecule has 1 fully saturated rings. The molecule has 0 aromatic carbocycles. The molecule has 0 bridgehead atoms. The highest BCUT2D eigenvalue weighted by atomic mass is 79.9. The number of hydrogen-bond donors (Lipinski definition) is 1. The van der Waals surface area contributed by atoms with Gasteiger partial charge in [-0.2, -0.15) is 5.10 Å². The molecule has 1 unspecified atom stereocenters. The largest absolute Gasteiger partial charge is 0.380 e. The van der Waals surface area contributed by atoms with Crippen molar-refractivity contribution in [3.8, 4) is 0 Å².